The van der Waals surface area contributed by atoms with E-state index in [2.05, 4.69) is 13.8 Å². The van der Waals surface area contributed by atoms with Crippen LogP contribution in [0.5, 0.6) is 0 Å². The monoisotopic (exact) mass is 149 g/mol. The van der Waals surface area contributed by atoms with E-state index in [1.807, 2.05) is 0 Å². The summed E-state index contributed by atoms with van der Waals surface area (Å²) in [5, 5.41) is 0. The van der Waals surface area contributed by atoms with Crippen molar-refractivity contribution in [2.24, 2.45) is 11.1 Å². The molecule has 0 saturated carbocycles. The highest BCUT2D eigenvalue weighted by molar-refractivity contribution is 6.18. The van der Waals surface area contributed by atoms with Gasteiger partial charge in [-0.15, -0.1) is 11.6 Å². The Morgan fingerprint density at radius 2 is 1.78 bits per heavy atom. The van der Waals surface area contributed by atoms with Crippen molar-refractivity contribution < 1.29 is 0 Å². The Kier molecular flexibility index (Phi) is 4.24. The first kappa shape index (κ1) is 9.25. The van der Waals surface area contributed by atoms with Crippen LogP contribution in [0.2, 0.25) is 0 Å². The number of nitrogens with two attached hydrogens (primary N) is 1. The van der Waals surface area contributed by atoms with Crippen LogP contribution in [0.15, 0.2) is 0 Å². The van der Waals surface area contributed by atoms with E-state index in [0.29, 0.717) is 12.4 Å². The lowest BCUT2D eigenvalue weighted by Crippen LogP contribution is -2.30. The summed E-state index contributed by atoms with van der Waals surface area (Å²) in [6, 6.07) is 0. The second kappa shape index (κ2) is 4.13. The van der Waals surface area contributed by atoms with Gasteiger partial charge in [0.25, 0.3) is 0 Å². The molecule has 1 nitrogen and oxygen atoms in total. The van der Waals surface area contributed by atoms with Crippen molar-refractivity contribution in [1.29, 1.82) is 0 Å². The largest absolute Gasteiger partial charge is 0.330 e. The van der Waals surface area contributed by atoms with Crippen molar-refractivity contribution in [3.05, 3.63) is 0 Å². The van der Waals surface area contributed by atoms with Crippen LogP contribution < -0.4 is 5.73 Å². The van der Waals surface area contributed by atoms with Gasteiger partial charge in [0.1, 0.15) is 0 Å². The zero-order chi connectivity index (χ0) is 7.33. The average molecular weight is 150 g/mol. The van der Waals surface area contributed by atoms with E-state index < -0.39 is 0 Å². The Bertz CT molecular complexity index is 51.8. The predicted octanol–water partition coefficient (Wildman–Crippen LogP) is 1.99. The molecular weight excluding hydrogens is 134 g/mol. The molecule has 0 aromatic rings. The molecule has 9 heavy (non-hydrogen) atoms. The number of rotatable bonds is 4. The van der Waals surface area contributed by atoms with E-state index in [4.69, 9.17) is 17.3 Å². The van der Waals surface area contributed by atoms with Crippen molar-refractivity contribution in [3.8, 4) is 0 Å². The summed E-state index contributed by atoms with van der Waals surface area (Å²) in [7, 11) is 0. The highest BCUT2D eigenvalue weighted by atomic mass is 35.5. The highest BCUT2D eigenvalue weighted by Crippen LogP contribution is 2.25. The van der Waals surface area contributed by atoms with Crippen LogP contribution in [0.4, 0.5) is 0 Å². The molecule has 56 valence electrons. The summed E-state index contributed by atoms with van der Waals surface area (Å²) in [5.74, 6) is 0.691. The molecule has 0 atom stereocenters. The van der Waals surface area contributed by atoms with Crippen LogP contribution in [-0.4, -0.2) is 12.4 Å². The fraction of sp³-hybridized carbons (Fsp3) is 1.00. The molecule has 0 radical (unpaired) electrons. The molecule has 0 saturated heterocycles. The molecule has 0 fully saturated rings. The van der Waals surface area contributed by atoms with Crippen LogP contribution in [-0.2, 0) is 0 Å². The Morgan fingerprint density at radius 3 is 1.78 bits per heavy atom. The van der Waals surface area contributed by atoms with Gasteiger partial charge in [-0.2, -0.15) is 0 Å². The fourth-order valence-corrected chi connectivity index (χ4v) is 1.27. The lowest BCUT2D eigenvalue weighted by Gasteiger charge is -2.26. The van der Waals surface area contributed by atoms with Crippen LogP contribution in [0.1, 0.15) is 26.7 Å². The standard InChI is InChI=1S/C7H16ClN/c1-3-7(4-2,5-8)6-9/h3-6,9H2,1-2H3. The summed E-state index contributed by atoms with van der Waals surface area (Å²) < 4.78 is 0. The molecule has 0 unspecified atom stereocenters. The molecule has 0 amide bonds. The van der Waals surface area contributed by atoms with Crippen molar-refractivity contribution in [3.63, 3.8) is 0 Å². The smallest absolute Gasteiger partial charge is 0.0291 e. The lowest BCUT2D eigenvalue weighted by molar-refractivity contribution is 0.316. The number of alkyl halides is 1. The maximum atomic E-state index is 5.74. The SMILES string of the molecule is CCC(CC)(CN)CCl. The van der Waals surface area contributed by atoms with Gasteiger partial charge in [0.15, 0.2) is 0 Å². The molecule has 2 heteroatoms. The summed E-state index contributed by atoms with van der Waals surface area (Å²) in [5.41, 5.74) is 5.76. The van der Waals surface area contributed by atoms with Gasteiger partial charge in [-0.1, -0.05) is 13.8 Å². The van der Waals surface area contributed by atoms with Gasteiger partial charge in [-0.25, -0.2) is 0 Å². The summed E-state index contributed by atoms with van der Waals surface area (Å²) in [4.78, 5) is 0. The van der Waals surface area contributed by atoms with Gasteiger partial charge < -0.3 is 5.73 Å². The van der Waals surface area contributed by atoms with Crippen LogP contribution >= 0.6 is 11.6 Å². The summed E-state index contributed by atoms with van der Waals surface area (Å²) >= 11 is 5.74. The Hall–Kier alpha value is 0.250. The third-order valence-electron chi connectivity index (χ3n) is 2.22. The van der Waals surface area contributed by atoms with Gasteiger partial charge in [-0.3, -0.25) is 0 Å². The van der Waals surface area contributed by atoms with Crippen LogP contribution in [0.25, 0.3) is 0 Å². The minimum Gasteiger partial charge on any atom is -0.330 e. The molecule has 0 rings (SSSR count). The molecule has 0 aromatic heterocycles. The van der Waals surface area contributed by atoms with Crippen molar-refractivity contribution in [2.75, 3.05) is 12.4 Å². The molecule has 0 heterocycles. The maximum absolute atomic E-state index is 5.74. The van der Waals surface area contributed by atoms with E-state index in [-0.39, 0.29) is 5.41 Å². The predicted molar refractivity (Wildman–Crippen MR) is 42.8 cm³/mol. The highest BCUT2D eigenvalue weighted by Gasteiger charge is 2.22. The number of halogens is 1. The van der Waals surface area contributed by atoms with Gasteiger partial charge in [0, 0.05) is 5.88 Å². The third kappa shape index (κ3) is 2.15. The Morgan fingerprint density at radius 1 is 1.33 bits per heavy atom. The van der Waals surface area contributed by atoms with E-state index in [1.54, 1.807) is 0 Å². The van der Waals surface area contributed by atoms with Crippen molar-refractivity contribution >= 4 is 11.6 Å². The fourth-order valence-electron chi connectivity index (χ4n) is 0.782. The van der Waals surface area contributed by atoms with Crippen molar-refractivity contribution in [2.45, 2.75) is 26.7 Å². The summed E-state index contributed by atoms with van der Waals surface area (Å²) in [6.07, 6.45) is 2.17. The van der Waals surface area contributed by atoms with E-state index in [1.165, 1.54) is 0 Å². The molecule has 0 aliphatic rings. The van der Waals surface area contributed by atoms with Gasteiger partial charge in [-0.05, 0) is 24.8 Å². The molecule has 2 N–H and O–H groups in total. The zero-order valence-electron chi connectivity index (χ0n) is 6.28. The van der Waals surface area contributed by atoms with E-state index in [9.17, 15) is 0 Å². The van der Waals surface area contributed by atoms with Gasteiger partial charge in [0.2, 0.25) is 0 Å². The third-order valence-corrected chi connectivity index (χ3v) is 2.78. The number of hydrogen-bond acceptors (Lipinski definition) is 1. The number of hydrogen-bond donors (Lipinski definition) is 1. The Balaban J connectivity index is 3.82. The minimum atomic E-state index is 0.210. The molecule has 0 bridgehead atoms. The van der Waals surface area contributed by atoms with Gasteiger partial charge in [0.05, 0.1) is 0 Å². The van der Waals surface area contributed by atoms with Gasteiger partial charge >= 0.3 is 0 Å². The van der Waals surface area contributed by atoms with Crippen LogP contribution in [0, 0.1) is 5.41 Å². The first-order valence-electron chi connectivity index (χ1n) is 3.50. The normalized spacial score (nSPS) is 12.0. The van der Waals surface area contributed by atoms with Crippen molar-refractivity contribution in [1.82, 2.24) is 0 Å². The quantitative estimate of drug-likeness (QED) is 0.608. The molecule has 0 aromatic carbocycles. The van der Waals surface area contributed by atoms with E-state index in [0.717, 1.165) is 12.8 Å². The average Bonchev–Trinajstić information content (AvgIpc) is 1.95. The summed E-state index contributed by atoms with van der Waals surface area (Å²) in [6.45, 7) is 4.99. The second-order valence-corrected chi connectivity index (χ2v) is 2.81. The zero-order valence-corrected chi connectivity index (χ0v) is 7.04. The molecule has 0 aliphatic heterocycles. The topological polar surface area (TPSA) is 26.0 Å². The maximum Gasteiger partial charge on any atom is 0.0291 e. The first-order chi connectivity index (χ1) is 4.24. The molecule has 0 spiro atoms. The minimum absolute atomic E-state index is 0.210. The second-order valence-electron chi connectivity index (χ2n) is 2.54. The first-order valence-corrected chi connectivity index (χ1v) is 4.04. The lowest BCUT2D eigenvalue weighted by atomic mass is 9.85. The van der Waals surface area contributed by atoms with E-state index >= 15 is 0 Å². The van der Waals surface area contributed by atoms with Crippen LogP contribution in [0.3, 0.4) is 0 Å². The molecule has 0 aliphatic carbocycles. The molecular formula is C7H16ClN. The Labute approximate surface area is 62.6 Å².